The Kier molecular flexibility index (Phi) is 6.44. The number of halogens is 1. The van der Waals surface area contributed by atoms with Gasteiger partial charge in [0.1, 0.15) is 5.75 Å². The lowest BCUT2D eigenvalue weighted by Gasteiger charge is -2.05. The fraction of sp³-hybridized carbons (Fsp3) is 0.250. The largest absolute Gasteiger partial charge is 0.497 e. The second-order valence-corrected chi connectivity index (χ2v) is 6.41. The summed E-state index contributed by atoms with van der Waals surface area (Å²) >= 11 is 5.97. The highest BCUT2D eigenvalue weighted by atomic mass is 35.5. The zero-order chi connectivity index (χ0) is 19.1. The maximum Gasteiger partial charge on any atom is 0.227 e. The minimum absolute atomic E-state index is 0.0500. The Balaban J connectivity index is 1.42. The van der Waals surface area contributed by atoms with Crippen LogP contribution in [0, 0.1) is 0 Å². The number of aryl methyl sites for hydroxylation is 1. The molecule has 0 fully saturated rings. The molecule has 1 aromatic heterocycles. The molecule has 0 atom stereocenters. The standard InChI is InChI=1S/C20H20ClN3O3/c1-26-17-7-5-14(6-8-17)11-12-22-18(25)9-10-19-23-20(24-27-19)15-3-2-4-16(21)13-15/h2-8,13H,9-12H2,1H3,(H,22,25). The minimum Gasteiger partial charge on any atom is -0.497 e. The summed E-state index contributed by atoms with van der Waals surface area (Å²) in [6, 6.07) is 15.0. The summed E-state index contributed by atoms with van der Waals surface area (Å²) in [7, 11) is 1.64. The molecule has 0 saturated heterocycles. The molecule has 3 aromatic rings. The highest BCUT2D eigenvalue weighted by molar-refractivity contribution is 6.30. The number of nitrogens with one attached hydrogen (secondary N) is 1. The average Bonchev–Trinajstić information content (AvgIpc) is 3.16. The minimum atomic E-state index is -0.0500. The maximum absolute atomic E-state index is 12.0. The van der Waals surface area contributed by atoms with Gasteiger partial charge in [0.05, 0.1) is 7.11 Å². The Labute approximate surface area is 162 Å². The third-order valence-corrected chi connectivity index (χ3v) is 4.25. The van der Waals surface area contributed by atoms with E-state index in [0.717, 1.165) is 23.3 Å². The van der Waals surface area contributed by atoms with Gasteiger partial charge in [-0.25, -0.2) is 0 Å². The van der Waals surface area contributed by atoms with Crippen LogP contribution in [0.1, 0.15) is 17.9 Å². The van der Waals surface area contributed by atoms with Crippen molar-refractivity contribution in [1.29, 1.82) is 0 Å². The van der Waals surface area contributed by atoms with E-state index in [1.54, 1.807) is 19.2 Å². The van der Waals surface area contributed by atoms with Gasteiger partial charge in [0.15, 0.2) is 0 Å². The maximum atomic E-state index is 12.0. The van der Waals surface area contributed by atoms with E-state index in [4.69, 9.17) is 20.9 Å². The third kappa shape index (κ3) is 5.56. The van der Waals surface area contributed by atoms with Gasteiger partial charge in [-0.3, -0.25) is 4.79 Å². The molecule has 0 aliphatic heterocycles. The van der Waals surface area contributed by atoms with E-state index in [9.17, 15) is 4.79 Å². The number of hydrogen-bond acceptors (Lipinski definition) is 5. The molecule has 0 radical (unpaired) electrons. The molecule has 0 aliphatic carbocycles. The Morgan fingerprint density at radius 2 is 2.00 bits per heavy atom. The number of carbonyl (C=O) groups is 1. The van der Waals surface area contributed by atoms with Crippen LogP contribution in [0.5, 0.6) is 5.75 Å². The molecule has 0 bridgehead atoms. The SMILES string of the molecule is COc1ccc(CCNC(=O)CCc2nc(-c3cccc(Cl)c3)no2)cc1. The summed E-state index contributed by atoms with van der Waals surface area (Å²) in [6.45, 7) is 0.572. The number of ether oxygens (including phenoxy) is 1. The molecule has 3 rings (SSSR count). The number of carbonyl (C=O) groups excluding carboxylic acids is 1. The van der Waals surface area contributed by atoms with Crippen molar-refractivity contribution >= 4 is 17.5 Å². The van der Waals surface area contributed by atoms with E-state index in [2.05, 4.69) is 15.5 Å². The monoisotopic (exact) mass is 385 g/mol. The topological polar surface area (TPSA) is 77.2 Å². The van der Waals surface area contributed by atoms with E-state index < -0.39 is 0 Å². The highest BCUT2D eigenvalue weighted by Gasteiger charge is 2.11. The van der Waals surface area contributed by atoms with E-state index in [1.807, 2.05) is 36.4 Å². The van der Waals surface area contributed by atoms with Crippen molar-refractivity contribution in [1.82, 2.24) is 15.5 Å². The highest BCUT2D eigenvalue weighted by Crippen LogP contribution is 2.20. The van der Waals surface area contributed by atoms with Crippen LogP contribution >= 0.6 is 11.6 Å². The average molecular weight is 386 g/mol. The summed E-state index contributed by atoms with van der Waals surface area (Å²) in [5.41, 5.74) is 1.92. The van der Waals surface area contributed by atoms with E-state index in [-0.39, 0.29) is 5.91 Å². The Morgan fingerprint density at radius 3 is 2.74 bits per heavy atom. The van der Waals surface area contributed by atoms with Gasteiger partial charge in [-0.05, 0) is 36.2 Å². The number of aromatic nitrogens is 2. The first-order chi connectivity index (χ1) is 13.1. The fourth-order valence-corrected chi connectivity index (χ4v) is 2.74. The number of benzene rings is 2. The molecular formula is C20H20ClN3O3. The summed E-state index contributed by atoms with van der Waals surface area (Å²) in [5, 5.41) is 7.44. The molecule has 1 N–H and O–H groups in total. The van der Waals surface area contributed by atoms with E-state index in [0.29, 0.717) is 36.1 Å². The van der Waals surface area contributed by atoms with Crippen LogP contribution in [-0.4, -0.2) is 29.7 Å². The second kappa shape index (κ2) is 9.19. The van der Waals surface area contributed by atoms with E-state index >= 15 is 0 Å². The molecule has 6 nitrogen and oxygen atoms in total. The van der Waals surface area contributed by atoms with Crippen LogP contribution < -0.4 is 10.1 Å². The van der Waals surface area contributed by atoms with E-state index in [1.165, 1.54) is 0 Å². The van der Waals surface area contributed by atoms with Crippen molar-refractivity contribution in [3.05, 3.63) is 65.0 Å². The molecular weight excluding hydrogens is 366 g/mol. The first-order valence-electron chi connectivity index (χ1n) is 8.62. The predicted octanol–water partition coefficient (Wildman–Crippen LogP) is 3.69. The molecule has 0 unspecified atom stereocenters. The molecule has 2 aromatic carbocycles. The molecule has 0 aliphatic rings. The van der Waals surface area contributed by atoms with Crippen LogP contribution in [0.4, 0.5) is 0 Å². The van der Waals surface area contributed by atoms with Crippen LogP contribution in [-0.2, 0) is 17.6 Å². The number of methoxy groups -OCH3 is 1. The van der Waals surface area contributed by atoms with Gasteiger partial charge in [-0.1, -0.05) is 41.0 Å². The first-order valence-corrected chi connectivity index (χ1v) is 9.00. The number of hydrogen-bond donors (Lipinski definition) is 1. The molecule has 27 heavy (non-hydrogen) atoms. The molecule has 7 heteroatoms. The van der Waals surface area contributed by atoms with Gasteiger partial charge in [-0.15, -0.1) is 0 Å². The third-order valence-electron chi connectivity index (χ3n) is 4.01. The summed E-state index contributed by atoms with van der Waals surface area (Å²) in [4.78, 5) is 16.3. The zero-order valence-electron chi connectivity index (χ0n) is 14.9. The molecule has 140 valence electrons. The van der Waals surface area contributed by atoms with Crippen molar-refractivity contribution in [2.24, 2.45) is 0 Å². The second-order valence-electron chi connectivity index (χ2n) is 5.97. The first kappa shape index (κ1) is 18.9. The van der Waals surface area contributed by atoms with Gasteiger partial charge < -0.3 is 14.6 Å². The molecule has 0 spiro atoms. The van der Waals surface area contributed by atoms with Gasteiger partial charge in [0.2, 0.25) is 17.6 Å². The van der Waals surface area contributed by atoms with Crippen molar-refractivity contribution in [2.75, 3.05) is 13.7 Å². The zero-order valence-corrected chi connectivity index (χ0v) is 15.7. The smallest absolute Gasteiger partial charge is 0.227 e. The van der Waals surface area contributed by atoms with Crippen molar-refractivity contribution in [2.45, 2.75) is 19.3 Å². The molecule has 1 heterocycles. The summed E-state index contributed by atoms with van der Waals surface area (Å²) in [6.07, 6.45) is 1.44. The van der Waals surface area contributed by atoms with Crippen molar-refractivity contribution < 1.29 is 14.1 Å². The Hall–Kier alpha value is -2.86. The van der Waals surface area contributed by atoms with Crippen LogP contribution in [0.3, 0.4) is 0 Å². The lowest BCUT2D eigenvalue weighted by Crippen LogP contribution is -2.25. The molecule has 0 saturated carbocycles. The quantitative estimate of drug-likeness (QED) is 0.639. The normalized spacial score (nSPS) is 10.6. The van der Waals surface area contributed by atoms with Gasteiger partial charge in [-0.2, -0.15) is 4.98 Å². The van der Waals surface area contributed by atoms with Crippen LogP contribution in [0.25, 0.3) is 11.4 Å². The lowest BCUT2D eigenvalue weighted by molar-refractivity contribution is -0.121. The summed E-state index contributed by atoms with van der Waals surface area (Å²) < 4.78 is 10.3. The molecule has 1 amide bonds. The Bertz CT molecular complexity index is 893. The Morgan fingerprint density at radius 1 is 1.19 bits per heavy atom. The van der Waals surface area contributed by atoms with Crippen molar-refractivity contribution in [3.63, 3.8) is 0 Å². The fourth-order valence-electron chi connectivity index (χ4n) is 2.55. The van der Waals surface area contributed by atoms with Gasteiger partial charge >= 0.3 is 0 Å². The predicted molar refractivity (Wildman–Crippen MR) is 103 cm³/mol. The van der Waals surface area contributed by atoms with Crippen LogP contribution in [0.15, 0.2) is 53.1 Å². The lowest BCUT2D eigenvalue weighted by atomic mass is 10.1. The number of nitrogens with zero attached hydrogens (tertiary/aromatic N) is 2. The van der Waals surface area contributed by atoms with Crippen LogP contribution in [0.2, 0.25) is 5.02 Å². The number of rotatable bonds is 8. The van der Waals surface area contributed by atoms with Gasteiger partial charge in [0.25, 0.3) is 0 Å². The number of amides is 1. The van der Waals surface area contributed by atoms with Gasteiger partial charge in [0, 0.05) is 30.0 Å². The summed E-state index contributed by atoms with van der Waals surface area (Å²) in [5.74, 6) is 1.66. The van der Waals surface area contributed by atoms with Crippen molar-refractivity contribution in [3.8, 4) is 17.1 Å².